The highest BCUT2D eigenvalue weighted by atomic mass is 19.1. The van der Waals surface area contributed by atoms with Gasteiger partial charge in [0.2, 0.25) is 0 Å². The van der Waals surface area contributed by atoms with Crippen LogP contribution in [-0.4, -0.2) is 15.0 Å². The summed E-state index contributed by atoms with van der Waals surface area (Å²) in [5.74, 6) is 0.886. The van der Waals surface area contributed by atoms with E-state index in [0.29, 0.717) is 17.0 Å². The first-order valence-corrected chi connectivity index (χ1v) is 7.63. The molecule has 0 radical (unpaired) electrons. The summed E-state index contributed by atoms with van der Waals surface area (Å²) in [5, 5.41) is 4.11. The Morgan fingerprint density at radius 2 is 2.09 bits per heavy atom. The number of halogens is 1. The molecule has 0 bridgehead atoms. The minimum Gasteiger partial charge on any atom is -0.384 e. The number of aryl methyl sites for hydroxylation is 1. The largest absolute Gasteiger partial charge is 0.384 e. The van der Waals surface area contributed by atoms with Crippen LogP contribution >= 0.6 is 0 Å². The van der Waals surface area contributed by atoms with Crippen molar-refractivity contribution in [2.24, 2.45) is 0 Å². The lowest BCUT2D eigenvalue weighted by Crippen LogP contribution is -2.19. The van der Waals surface area contributed by atoms with Crippen LogP contribution in [0.1, 0.15) is 30.1 Å². The Balaban J connectivity index is 1.74. The zero-order valence-corrected chi connectivity index (χ0v) is 12.5. The fourth-order valence-electron chi connectivity index (χ4n) is 3.13. The molecule has 3 N–H and O–H groups in total. The lowest BCUT2D eigenvalue weighted by molar-refractivity contribution is 0.588. The van der Waals surface area contributed by atoms with Crippen molar-refractivity contribution in [2.75, 3.05) is 11.1 Å². The number of benzene rings is 1. The molecule has 1 unspecified atom stereocenters. The summed E-state index contributed by atoms with van der Waals surface area (Å²) in [7, 11) is 0. The molecule has 0 fully saturated rings. The molecular formula is C17H16FN5. The SMILES string of the molecule is Nc1ccc2c(n1)CCCC2Nc1ncnc2ccc(F)cc12. The average molecular weight is 309 g/mol. The molecule has 2 aromatic heterocycles. The maximum atomic E-state index is 13.6. The normalized spacial score (nSPS) is 17.0. The predicted octanol–water partition coefficient (Wildman–Crippen LogP) is 3.24. The number of nitrogens with zero attached hydrogens (tertiary/aromatic N) is 3. The Morgan fingerprint density at radius 1 is 1.17 bits per heavy atom. The highest BCUT2D eigenvalue weighted by Crippen LogP contribution is 2.33. The average Bonchev–Trinajstić information content (AvgIpc) is 2.55. The van der Waals surface area contributed by atoms with E-state index in [0.717, 1.165) is 36.0 Å². The third-order valence-electron chi connectivity index (χ3n) is 4.22. The number of rotatable bonds is 2. The number of hydrogen-bond donors (Lipinski definition) is 2. The molecule has 0 saturated carbocycles. The lowest BCUT2D eigenvalue weighted by atomic mass is 9.91. The topological polar surface area (TPSA) is 76.7 Å². The minimum atomic E-state index is -0.297. The van der Waals surface area contributed by atoms with E-state index < -0.39 is 0 Å². The highest BCUT2D eigenvalue weighted by molar-refractivity contribution is 5.88. The number of aromatic nitrogens is 3. The first-order valence-electron chi connectivity index (χ1n) is 7.63. The minimum absolute atomic E-state index is 0.0909. The number of nitrogens with one attached hydrogen (secondary N) is 1. The second-order valence-corrected chi connectivity index (χ2v) is 5.74. The van der Waals surface area contributed by atoms with Crippen molar-refractivity contribution in [1.29, 1.82) is 0 Å². The van der Waals surface area contributed by atoms with Gasteiger partial charge < -0.3 is 11.1 Å². The maximum Gasteiger partial charge on any atom is 0.137 e. The van der Waals surface area contributed by atoms with Crippen LogP contribution < -0.4 is 11.1 Å². The van der Waals surface area contributed by atoms with Gasteiger partial charge in [-0.1, -0.05) is 6.07 Å². The molecule has 1 atom stereocenters. The molecule has 23 heavy (non-hydrogen) atoms. The standard InChI is InChI=1S/C17H16FN5/c18-10-4-6-13-12(8-10)17(21-9-20-13)23-15-3-1-2-14-11(15)5-7-16(19)22-14/h4-9,15H,1-3H2,(H2,19,22)(H,20,21,23). The number of nitrogens with two attached hydrogens (primary N) is 1. The zero-order valence-electron chi connectivity index (χ0n) is 12.5. The molecule has 5 nitrogen and oxygen atoms in total. The molecule has 2 heterocycles. The number of nitrogen functional groups attached to an aromatic ring is 1. The van der Waals surface area contributed by atoms with Crippen molar-refractivity contribution >= 4 is 22.5 Å². The highest BCUT2D eigenvalue weighted by Gasteiger charge is 2.22. The summed E-state index contributed by atoms with van der Waals surface area (Å²) in [5.41, 5.74) is 8.65. The first-order chi connectivity index (χ1) is 11.2. The summed E-state index contributed by atoms with van der Waals surface area (Å²) in [6, 6.07) is 8.45. The van der Waals surface area contributed by atoms with Gasteiger partial charge in [-0.15, -0.1) is 0 Å². The van der Waals surface area contributed by atoms with Gasteiger partial charge in [0, 0.05) is 11.1 Å². The van der Waals surface area contributed by atoms with Gasteiger partial charge in [0.1, 0.15) is 23.8 Å². The molecule has 1 aliphatic carbocycles. The molecule has 6 heteroatoms. The summed E-state index contributed by atoms with van der Waals surface area (Å²) in [6.45, 7) is 0. The Labute approximate surface area is 132 Å². The van der Waals surface area contributed by atoms with Crippen molar-refractivity contribution in [2.45, 2.75) is 25.3 Å². The van der Waals surface area contributed by atoms with Crippen LogP contribution in [0.5, 0.6) is 0 Å². The Bertz CT molecular complexity index is 880. The third kappa shape index (κ3) is 2.56. The van der Waals surface area contributed by atoms with Gasteiger partial charge in [0.25, 0.3) is 0 Å². The van der Waals surface area contributed by atoms with Crippen LogP contribution in [0, 0.1) is 5.82 Å². The van der Waals surface area contributed by atoms with Gasteiger partial charge >= 0.3 is 0 Å². The van der Waals surface area contributed by atoms with Crippen molar-refractivity contribution in [3.05, 3.63) is 53.7 Å². The summed E-state index contributed by atoms with van der Waals surface area (Å²) < 4.78 is 13.6. The van der Waals surface area contributed by atoms with Crippen LogP contribution in [0.4, 0.5) is 16.0 Å². The summed E-state index contributed by atoms with van der Waals surface area (Å²) >= 11 is 0. The van der Waals surface area contributed by atoms with Gasteiger partial charge in [0.05, 0.1) is 11.6 Å². The monoisotopic (exact) mass is 309 g/mol. The van der Waals surface area contributed by atoms with Crippen molar-refractivity contribution in [3.8, 4) is 0 Å². The van der Waals surface area contributed by atoms with Gasteiger partial charge in [0.15, 0.2) is 0 Å². The predicted molar refractivity (Wildman–Crippen MR) is 87.4 cm³/mol. The number of anilines is 2. The quantitative estimate of drug-likeness (QED) is 0.760. The van der Waals surface area contributed by atoms with Gasteiger partial charge in [-0.05, 0) is 49.1 Å². The lowest BCUT2D eigenvalue weighted by Gasteiger charge is -2.26. The Morgan fingerprint density at radius 3 is 3.00 bits per heavy atom. The molecule has 0 spiro atoms. The van der Waals surface area contributed by atoms with Crippen molar-refractivity contribution in [3.63, 3.8) is 0 Å². The smallest absolute Gasteiger partial charge is 0.137 e. The second-order valence-electron chi connectivity index (χ2n) is 5.74. The first kappa shape index (κ1) is 13.9. The maximum absolute atomic E-state index is 13.6. The Kier molecular flexibility index (Phi) is 3.29. The van der Waals surface area contributed by atoms with E-state index >= 15 is 0 Å². The van der Waals surface area contributed by atoms with Crippen LogP contribution in [0.15, 0.2) is 36.7 Å². The molecule has 116 valence electrons. The van der Waals surface area contributed by atoms with Gasteiger partial charge in [-0.25, -0.2) is 19.3 Å². The van der Waals surface area contributed by atoms with E-state index in [2.05, 4.69) is 20.3 Å². The van der Waals surface area contributed by atoms with Gasteiger partial charge in [-0.2, -0.15) is 0 Å². The number of fused-ring (bicyclic) bond motifs is 2. The van der Waals surface area contributed by atoms with Crippen molar-refractivity contribution < 1.29 is 4.39 Å². The second kappa shape index (κ2) is 5.46. The van der Waals surface area contributed by atoms with Gasteiger partial charge in [-0.3, -0.25) is 0 Å². The summed E-state index contributed by atoms with van der Waals surface area (Å²) in [4.78, 5) is 12.9. The molecule has 0 amide bonds. The molecule has 3 aromatic rings. The van der Waals surface area contributed by atoms with E-state index in [1.165, 1.54) is 18.5 Å². The third-order valence-corrected chi connectivity index (χ3v) is 4.22. The number of pyridine rings is 1. The molecule has 4 rings (SSSR count). The molecule has 1 aliphatic rings. The molecule has 1 aromatic carbocycles. The van der Waals surface area contributed by atoms with E-state index in [1.807, 2.05) is 12.1 Å². The van der Waals surface area contributed by atoms with Crippen LogP contribution in [-0.2, 0) is 6.42 Å². The van der Waals surface area contributed by atoms with Crippen molar-refractivity contribution in [1.82, 2.24) is 15.0 Å². The van der Waals surface area contributed by atoms with Crippen LogP contribution in [0.2, 0.25) is 0 Å². The molecular weight excluding hydrogens is 293 g/mol. The fraction of sp³-hybridized carbons (Fsp3) is 0.235. The van der Waals surface area contributed by atoms with Crippen LogP contribution in [0.3, 0.4) is 0 Å². The van der Waals surface area contributed by atoms with Crippen LogP contribution in [0.25, 0.3) is 10.9 Å². The van der Waals surface area contributed by atoms with E-state index in [1.54, 1.807) is 6.07 Å². The number of hydrogen-bond acceptors (Lipinski definition) is 5. The van der Waals surface area contributed by atoms with E-state index in [4.69, 9.17) is 5.73 Å². The zero-order chi connectivity index (χ0) is 15.8. The van der Waals surface area contributed by atoms with E-state index in [-0.39, 0.29) is 11.9 Å². The summed E-state index contributed by atoms with van der Waals surface area (Å²) in [6.07, 6.45) is 4.42. The molecule has 0 saturated heterocycles. The molecule has 0 aliphatic heterocycles. The fourth-order valence-corrected chi connectivity index (χ4v) is 3.13. The Hall–Kier alpha value is -2.76. The van der Waals surface area contributed by atoms with E-state index in [9.17, 15) is 4.39 Å².